The zero-order chi connectivity index (χ0) is 13.4. The minimum Gasteiger partial charge on any atom is -0.378 e. The van der Waals surface area contributed by atoms with E-state index in [1.54, 1.807) is 0 Å². The fourth-order valence-electron chi connectivity index (χ4n) is 4.01. The maximum Gasteiger partial charge on any atom is 0.240 e. The molecule has 1 amide bonds. The number of ether oxygens (including phenoxy) is 1. The zero-order valence-electron chi connectivity index (χ0n) is 12.1. The molecule has 0 radical (unpaired) electrons. The Hall–Kier alpha value is -0.610. The smallest absolute Gasteiger partial charge is 0.240 e. The van der Waals surface area contributed by atoms with E-state index in [9.17, 15) is 4.79 Å². The average Bonchev–Trinajstić information content (AvgIpc) is 2.97. The molecule has 0 bridgehead atoms. The Morgan fingerprint density at radius 2 is 2.11 bits per heavy atom. The second-order valence-electron chi connectivity index (χ2n) is 6.53. The SMILES string of the molecule is CC(C)N1CC[C@H](N[C@@H]2CCC[C@@H]3OCC[C@H]32)C1=O. The van der Waals surface area contributed by atoms with Crippen molar-refractivity contribution in [1.29, 1.82) is 0 Å². The highest BCUT2D eigenvalue weighted by Crippen LogP contribution is 2.35. The highest BCUT2D eigenvalue weighted by atomic mass is 16.5. The number of nitrogens with zero attached hydrogens (tertiary/aromatic N) is 1. The van der Waals surface area contributed by atoms with Crippen molar-refractivity contribution in [3.05, 3.63) is 0 Å². The minimum atomic E-state index is 0.0479. The van der Waals surface area contributed by atoms with Crippen molar-refractivity contribution < 1.29 is 9.53 Å². The van der Waals surface area contributed by atoms with Crippen LogP contribution in [0.25, 0.3) is 0 Å². The monoisotopic (exact) mass is 266 g/mol. The molecular formula is C15H26N2O2. The number of carbonyl (C=O) groups excluding carboxylic acids is 1. The molecule has 4 nitrogen and oxygen atoms in total. The van der Waals surface area contributed by atoms with Gasteiger partial charge < -0.3 is 15.0 Å². The molecule has 1 N–H and O–H groups in total. The van der Waals surface area contributed by atoms with Gasteiger partial charge in [0.15, 0.2) is 0 Å². The van der Waals surface area contributed by atoms with E-state index in [1.165, 1.54) is 19.3 Å². The Morgan fingerprint density at radius 3 is 2.84 bits per heavy atom. The summed E-state index contributed by atoms with van der Waals surface area (Å²) in [6.45, 7) is 6.01. The van der Waals surface area contributed by atoms with Crippen LogP contribution >= 0.6 is 0 Å². The summed E-state index contributed by atoms with van der Waals surface area (Å²) in [5.41, 5.74) is 0. The van der Waals surface area contributed by atoms with Crippen LogP contribution in [0.15, 0.2) is 0 Å². The van der Waals surface area contributed by atoms with Gasteiger partial charge in [-0.2, -0.15) is 0 Å². The quantitative estimate of drug-likeness (QED) is 0.842. The second kappa shape index (κ2) is 5.41. The van der Waals surface area contributed by atoms with Crippen LogP contribution in [0.3, 0.4) is 0 Å². The zero-order valence-corrected chi connectivity index (χ0v) is 12.1. The predicted molar refractivity (Wildman–Crippen MR) is 73.9 cm³/mol. The molecule has 0 aromatic carbocycles. The van der Waals surface area contributed by atoms with Crippen LogP contribution in [0.2, 0.25) is 0 Å². The number of likely N-dealkylation sites (tertiary alicyclic amines) is 1. The maximum absolute atomic E-state index is 12.3. The molecule has 108 valence electrons. The molecule has 0 aromatic rings. The summed E-state index contributed by atoms with van der Waals surface area (Å²) in [5.74, 6) is 0.936. The first-order valence-corrected chi connectivity index (χ1v) is 7.85. The summed E-state index contributed by atoms with van der Waals surface area (Å²) in [5, 5.41) is 3.65. The molecule has 19 heavy (non-hydrogen) atoms. The Kier molecular flexibility index (Phi) is 3.81. The Morgan fingerprint density at radius 1 is 1.26 bits per heavy atom. The van der Waals surface area contributed by atoms with Gasteiger partial charge in [0, 0.05) is 31.2 Å². The van der Waals surface area contributed by atoms with E-state index >= 15 is 0 Å². The third kappa shape index (κ3) is 2.52. The lowest BCUT2D eigenvalue weighted by molar-refractivity contribution is -0.131. The highest BCUT2D eigenvalue weighted by Gasteiger charge is 2.41. The summed E-state index contributed by atoms with van der Waals surface area (Å²) < 4.78 is 5.80. The molecule has 0 spiro atoms. The minimum absolute atomic E-state index is 0.0479. The van der Waals surface area contributed by atoms with Crippen LogP contribution in [0.1, 0.15) is 46.0 Å². The van der Waals surface area contributed by atoms with Gasteiger partial charge in [-0.3, -0.25) is 4.79 Å². The predicted octanol–water partition coefficient (Wildman–Crippen LogP) is 1.54. The van der Waals surface area contributed by atoms with Crippen LogP contribution in [-0.2, 0) is 9.53 Å². The second-order valence-corrected chi connectivity index (χ2v) is 6.53. The molecule has 3 fully saturated rings. The van der Waals surface area contributed by atoms with Crippen LogP contribution in [-0.4, -0.2) is 48.2 Å². The van der Waals surface area contributed by atoms with Gasteiger partial charge in [-0.15, -0.1) is 0 Å². The fraction of sp³-hybridized carbons (Fsp3) is 0.933. The first-order valence-electron chi connectivity index (χ1n) is 7.85. The molecule has 4 heteroatoms. The molecule has 0 aromatic heterocycles. The van der Waals surface area contributed by atoms with Gasteiger partial charge in [0.05, 0.1) is 12.1 Å². The normalized spacial score (nSPS) is 39.1. The summed E-state index contributed by atoms with van der Waals surface area (Å²) in [6, 6.07) is 0.863. The molecule has 1 aliphatic carbocycles. The molecule has 2 aliphatic heterocycles. The van der Waals surface area contributed by atoms with E-state index in [0.29, 0.717) is 30.0 Å². The third-order valence-electron chi connectivity index (χ3n) is 5.06. The number of carbonyl (C=O) groups is 1. The molecule has 0 unspecified atom stereocenters. The van der Waals surface area contributed by atoms with E-state index in [2.05, 4.69) is 19.2 Å². The lowest BCUT2D eigenvalue weighted by Crippen LogP contribution is -2.50. The van der Waals surface area contributed by atoms with E-state index in [1.807, 2.05) is 4.90 Å². The van der Waals surface area contributed by atoms with Crippen LogP contribution in [0.5, 0.6) is 0 Å². The van der Waals surface area contributed by atoms with Crippen molar-refractivity contribution in [2.45, 2.75) is 70.2 Å². The Balaban J connectivity index is 1.61. The number of hydrogen-bond acceptors (Lipinski definition) is 3. The number of rotatable bonds is 3. The lowest BCUT2D eigenvalue weighted by Gasteiger charge is -2.35. The third-order valence-corrected chi connectivity index (χ3v) is 5.06. The number of hydrogen-bond donors (Lipinski definition) is 1. The number of amides is 1. The van der Waals surface area contributed by atoms with Gasteiger partial charge in [-0.25, -0.2) is 0 Å². The van der Waals surface area contributed by atoms with Crippen LogP contribution in [0, 0.1) is 5.92 Å². The molecule has 3 aliphatic rings. The molecular weight excluding hydrogens is 240 g/mol. The van der Waals surface area contributed by atoms with Gasteiger partial charge in [-0.05, 0) is 46.0 Å². The highest BCUT2D eigenvalue weighted by molar-refractivity contribution is 5.84. The van der Waals surface area contributed by atoms with E-state index in [-0.39, 0.29) is 6.04 Å². The van der Waals surface area contributed by atoms with E-state index in [4.69, 9.17) is 4.74 Å². The van der Waals surface area contributed by atoms with Gasteiger partial charge in [0.1, 0.15) is 0 Å². The molecule has 3 rings (SSSR count). The summed E-state index contributed by atoms with van der Waals surface area (Å²) in [6.07, 6.45) is 6.22. The first-order chi connectivity index (χ1) is 9.16. The van der Waals surface area contributed by atoms with Crippen molar-refractivity contribution in [3.8, 4) is 0 Å². The first kappa shape index (κ1) is 13.4. The van der Waals surface area contributed by atoms with Crippen LogP contribution in [0.4, 0.5) is 0 Å². The molecule has 2 saturated heterocycles. The van der Waals surface area contributed by atoms with E-state index < -0.39 is 0 Å². The van der Waals surface area contributed by atoms with Crippen molar-refractivity contribution in [2.75, 3.05) is 13.2 Å². The van der Waals surface area contributed by atoms with Gasteiger partial charge in [0.25, 0.3) is 0 Å². The van der Waals surface area contributed by atoms with Crippen molar-refractivity contribution in [3.63, 3.8) is 0 Å². The van der Waals surface area contributed by atoms with Gasteiger partial charge in [0.2, 0.25) is 5.91 Å². The summed E-state index contributed by atoms with van der Waals surface area (Å²) >= 11 is 0. The van der Waals surface area contributed by atoms with Gasteiger partial charge in [-0.1, -0.05) is 0 Å². The number of nitrogens with one attached hydrogen (secondary N) is 1. The van der Waals surface area contributed by atoms with Gasteiger partial charge >= 0.3 is 0 Å². The summed E-state index contributed by atoms with van der Waals surface area (Å²) in [4.78, 5) is 14.3. The Bertz CT molecular complexity index is 345. The van der Waals surface area contributed by atoms with Crippen molar-refractivity contribution >= 4 is 5.91 Å². The number of fused-ring (bicyclic) bond motifs is 1. The largest absolute Gasteiger partial charge is 0.378 e. The van der Waals surface area contributed by atoms with Crippen LogP contribution < -0.4 is 5.32 Å². The fourth-order valence-corrected chi connectivity index (χ4v) is 4.01. The topological polar surface area (TPSA) is 41.6 Å². The lowest BCUT2D eigenvalue weighted by atomic mass is 9.81. The van der Waals surface area contributed by atoms with Crippen molar-refractivity contribution in [1.82, 2.24) is 10.2 Å². The summed E-state index contributed by atoms with van der Waals surface area (Å²) in [7, 11) is 0. The average molecular weight is 266 g/mol. The molecule has 2 heterocycles. The Labute approximate surface area is 115 Å². The molecule has 4 atom stereocenters. The molecule has 1 saturated carbocycles. The standard InChI is InChI=1S/C15H26N2O2/c1-10(2)17-8-6-13(15(17)18)16-12-4-3-5-14-11(12)7-9-19-14/h10-14,16H,3-9H2,1-2H3/t11-,12+,13-,14-/m0/s1. The van der Waals surface area contributed by atoms with E-state index in [0.717, 1.165) is 26.0 Å². The maximum atomic E-state index is 12.3. The van der Waals surface area contributed by atoms with Crippen molar-refractivity contribution in [2.24, 2.45) is 5.92 Å².